The largest absolute Gasteiger partial charge is 0.494 e. The first-order chi connectivity index (χ1) is 17.7. The Hall–Kier alpha value is -2.78. The fourth-order valence-electron chi connectivity index (χ4n) is 5.81. The Bertz CT molecular complexity index is 1200. The van der Waals surface area contributed by atoms with Crippen LogP contribution in [0.3, 0.4) is 0 Å². The molecule has 1 saturated carbocycles. The lowest BCUT2D eigenvalue weighted by Gasteiger charge is -2.35. The van der Waals surface area contributed by atoms with Crippen molar-refractivity contribution >= 4 is 10.9 Å². The molecule has 2 aromatic heterocycles. The molecule has 2 atom stereocenters. The smallest absolute Gasteiger partial charge is 0.252 e. The summed E-state index contributed by atoms with van der Waals surface area (Å²) in [6.07, 6.45) is 8.93. The van der Waals surface area contributed by atoms with Crippen LogP contribution in [0.5, 0.6) is 5.75 Å². The molecule has 2 aliphatic rings. The number of pyridine rings is 1. The number of fused-ring (bicyclic) bond motifs is 1. The predicted molar refractivity (Wildman–Crippen MR) is 138 cm³/mol. The normalized spacial score (nSPS) is 19.5. The Balaban J connectivity index is 1.48. The fourth-order valence-corrected chi connectivity index (χ4v) is 5.81. The van der Waals surface area contributed by atoms with Gasteiger partial charge in [0.1, 0.15) is 5.75 Å². The number of nitrogens with one attached hydrogen (secondary N) is 1. The molecule has 1 aliphatic carbocycles. The highest BCUT2D eigenvalue weighted by Crippen LogP contribution is 2.34. The lowest BCUT2D eigenvalue weighted by atomic mass is 10.0. The zero-order valence-corrected chi connectivity index (χ0v) is 21.5. The summed E-state index contributed by atoms with van der Waals surface area (Å²) < 4.78 is 13.5. The summed E-state index contributed by atoms with van der Waals surface area (Å²) >= 11 is 0. The monoisotopic (exact) mass is 494 g/mol. The van der Waals surface area contributed by atoms with Gasteiger partial charge in [-0.25, -0.2) is 4.68 Å². The standard InChI is InChI=1S/C27H38N6O3/c1-3-8-25(26-29-30-31-33(26)18-23-11-7-14-36-23)32(21-9-5-6-10-21)17-20-15-19-16-22(35-4-2)12-13-24(19)28-27(20)34/h12-13,15-16,21,23,25H,3-11,14,17-18H2,1-2H3,(H,28,34)/t23-,25+/m1/s1. The summed E-state index contributed by atoms with van der Waals surface area (Å²) in [5.41, 5.74) is 1.55. The topological polar surface area (TPSA) is 98.2 Å². The molecular formula is C27H38N6O3. The van der Waals surface area contributed by atoms with E-state index in [0.717, 1.165) is 73.2 Å². The molecule has 3 aromatic rings. The van der Waals surface area contributed by atoms with E-state index in [1.165, 1.54) is 12.8 Å². The van der Waals surface area contributed by atoms with Crippen LogP contribution in [0.25, 0.3) is 10.9 Å². The highest BCUT2D eigenvalue weighted by Gasteiger charge is 2.33. The molecule has 9 nitrogen and oxygen atoms in total. The highest BCUT2D eigenvalue weighted by atomic mass is 16.5. The van der Waals surface area contributed by atoms with Crippen molar-refractivity contribution in [2.75, 3.05) is 13.2 Å². The zero-order chi connectivity index (χ0) is 24.9. The van der Waals surface area contributed by atoms with Crippen LogP contribution < -0.4 is 10.3 Å². The minimum absolute atomic E-state index is 0.0381. The minimum atomic E-state index is -0.0381. The molecule has 194 valence electrons. The summed E-state index contributed by atoms with van der Waals surface area (Å²) in [7, 11) is 0. The number of nitrogens with zero attached hydrogens (tertiary/aromatic N) is 5. The number of hydrogen-bond donors (Lipinski definition) is 1. The fraction of sp³-hybridized carbons (Fsp3) is 0.630. The number of aromatic nitrogens is 5. The Labute approximate surface area is 212 Å². The third kappa shape index (κ3) is 5.47. The summed E-state index contributed by atoms with van der Waals surface area (Å²) in [5, 5.41) is 13.9. The second-order valence-electron chi connectivity index (χ2n) is 10.1. The maximum atomic E-state index is 13.2. The first kappa shape index (κ1) is 24.9. The SMILES string of the molecule is CCC[C@@H](c1nnnn1C[C@H]1CCCO1)N(Cc1cc2cc(OCC)ccc2[nH]c1=O)C1CCCC1. The number of hydrogen-bond acceptors (Lipinski definition) is 7. The lowest BCUT2D eigenvalue weighted by Crippen LogP contribution is -2.39. The van der Waals surface area contributed by atoms with E-state index in [1.807, 2.05) is 35.9 Å². The van der Waals surface area contributed by atoms with E-state index in [2.05, 4.69) is 32.3 Å². The summed E-state index contributed by atoms with van der Waals surface area (Å²) in [6, 6.07) is 8.29. The molecule has 9 heteroatoms. The quantitative estimate of drug-likeness (QED) is 0.422. The Morgan fingerprint density at radius 1 is 1.19 bits per heavy atom. The lowest BCUT2D eigenvalue weighted by molar-refractivity contribution is 0.0828. The van der Waals surface area contributed by atoms with Crippen molar-refractivity contribution in [1.82, 2.24) is 30.1 Å². The van der Waals surface area contributed by atoms with Gasteiger partial charge in [0.05, 0.1) is 25.3 Å². The number of aromatic amines is 1. The second kappa shape index (κ2) is 11.5. The van der Waals surface area contributed by atoms with Gasteiger partial charge in [-0.05, 0) is 73.7 Å². The van der Waals surface area contributed by atoms with Crippen LogP contribution in [0.15, 0.2) is 29.1 Å². The van der Waals surface area contributed by atoms with Gasteiger partial charge in [-0.2, -0.15) is 0 Å². The van der Waals surface area contributed by atoms with E-state index in [9.17, 15) is 4.79 Å². The van der Waals surface area contributed by atoms with Crippen LogP contribution in [0.4, 0.5) is 0 Å². The highest BCUT2D eigenvalue weighted by molar-refractivity contribution is 5.80. The van der Waals surface area contributed by atoms with Gasteiger partial charge in [0.25, 0.3) is 5.56 Å². The van der Waals surface area contributed by atoms with Crippen molar-refractivity contribution in [3.8, 4) is 5.75 Å². The summed E-state index contributed by atoms with van der Waals surface area (Å²) in [6.45, 7) is 6.83. The second-order valence-corrected chi connectivity index (χ2v) is 10.1. The molecule has 1 saturated heterocycles. The van der Waals surface area contributed by atoms with Gasteiger partial charge in [-0.3, -0.25) is 9.69 Å². The molecule has 0 unspecified atom stereocenters. The average molecular weight is 495 g/mol. The number of H-pyrrole nitrogens is 1. The first-order valence-electron chi connectivity index (χ1n) is 13.6. The van der Waals surface area contributed by atoms with Gasteiger partial charge in [0, 0.05) is 35.7 Å². The van der Waals surface area contributed by atoms with Crippen molar-refractivity contribution in [2.24, 2.45) is 0 Å². The molecule has 3 heterocycles. The first-order valence-corrected chi connectivity index (χ1v) is 13.6. The van der Waals surface area contributed by atoms with E-state index in [1.54, 1.807) is 0 Å². The van der Waals surface area contributed by atoms with Gasteiger partial charge in [-0.15, -0.1) is 5.10 Å². The number of benzene rings is 1. The number of rotatable bonds is 11. The van der Waals surface area contributed by atoms with Crippen LogP contribution in [0.1, 0.15) is 82.6 Å². The van der Waals surface area contributed by atoms with Crippen LogP contribution in [0.2, 0.25) is 0 Å². The molecule has 0 amide bonds. The van der Waals surface area contributed by atoms with Gasteiger partial charge in [0.15, 0.2) is 5.82 Å². The van der Waals surface area contributed by atoms with E-state index < -0.39 is 0 Å². The molecule has 0 bridgehead atoms. The Kier molecular flexibility index (Phi) is 7.96. The molecule has 1 aromatic carbocycles. The predicted octanol–water partition coefficient (Wildman–Crippen LogP) is 4.38. The van der Waals surface area contributed by atoms with E-state index >= 15 is 0 Å². The Morgan fingerprint density at radius 2 is 2.06 bits per heavy atom. The molecule has 1 N–H and O–H groups in total. The van der Waals surface area contributed by atoms with Gasteiger partial charge >= 0.3 is 0 Å². The Morgan fingerprint density at radius 3 is 2.81 bits per heavy atom. The third-order valence-corrected chi connectivity index (χ3v) is 7.57. The number of tetrazole rings is 1. The van der Waals surface area contributed by atoms with Crippen LogP contribution >= 0.6 is 0 Å². The van der Waals surface area contributed by atoms with E-state index in [4.69, 9.17) is 9.47 Å². The van der Waals surface area contributed by atoms with Crippen LogP contribution in [-0.4, -0.2) is 55.5 Å². The van der Waals surface area contributed by atoms with Gasteiger partial charge in [-0.1, -0.05) is 26.2 Å². The van der Waals surface area contributed by atoms with Gasteiger partial charge < -0.3 is 14.5 Å². The zero-order valence-electron chi connectivity index (χ0n) is 21.5. The van der Waals surface area contributed by atoms with Crippen molar-refractivity contribution in [1.29, 1.82) is 0 Å². The maximum absolute atomic E-state index is 13.2. The molecule has 2 fully saturated rings. The summed E-state index contributed by atoms with van der Waals surface area (Å²) in [5.74, 6) is 1.70. The molecular weight excluding hydrogens is 456 g/mol. The third-order valence-electron chi connectivity index (χ3n) is 7.57. The molecule has 36 heavy (non-hydrogen) atoms. The molecule has 0 spiro atoms. The minimum Gasteiger partial charge on any atom is -0.494 e. The average Bonchev–Trinajstić information content (AvgIpc) is 3.66. The number of ether oxygens (including phenoxy) is 2. The van der Waals surface area contributed by atoms with Crippen LogP contribution in [-0.2, 0) is 17.8 Å². The van der Waals surface area contributed by atoms with Gasteiger partial charge in [0.2, 0.25) is 0 Å². The van der Waals surface area contributed by atoms with E-state index in [0.29, 0.717) is 25.7 Å². The van der Waals surface area contributed by atoms with Crippen molar-refractivity contribution in [2.45, 2.75) is 96.5 Å². The molecule has 1 aliphatic heterocycles. The van der Waals surface area contributed by atoms with Crippen molar-refractivity contribution < 1.29 is 9.47 Å². The van der Waals surface area contributed by atoms with Crippen molar-refractivity contribution in [3.63, 3.8) is 0 Å². The van der Waals surface area contributed by atoms with Crippen molar-refractivity contribution in [3.05, 3.63) is 46.0 Å². The van der Waals surface area contributed by atoms with E-state index in [-0.39, 0.29) is 17.7 Å². The molecule has 5 rings (SSSR count). The molecule has 0 radical (unpaired) electrons. The van der Waals surface area contributed by atoms with Crippen LogP contribution in [0, 0.1) is 0 Å². The summed E-state index contributed by atoms with van der Waals surface area (Å²) in [4.78, 5) is 18.8. The maximum Gasteiger partial charge on any atom is 0.252 e.